The van der Waals surface area contributed by atoms with Gasteiger partial charge < -0.3 is 4.90 Å². The Kier molecular flexibility index (Phi) is 7.27. The van der Waals surface area contributed by atoms with Crippen LogP contribution in [-0.2, 0) is 11.0 Å². The molecule has 0 radical (unpaired) electrons. The summed E-state index contributed by atoms with van der Waals surface area (Å²) in [5, 5.41) is 8.84. The number of alkyl halides is 3. The fourth-order valence-electron chi connectivity index (χ4n) is 3.10. The van der Waals surface area contributed by atoms with E-state index in [9.17, 15) is 18.0 Å². The van der Waals surface area contributed by atoms with E-state index >= 15 is 0 Å². The zero-order valence-corrected chi connectivity index (χ0v) is 18.4. The van der Waals surface area contributed by atoms with E-state index < -0.39 is 11.7 Å². The van der Waals surface area contributed by atoms with E-state index in [2.05, 4.69) is 10.2 Å². The molecule has 5 nitrogen and oxygen atoms in total. The first-order valence-electron chi connectivity index (χ1n) is 9.54. The SMILES string of the molecule is CCN(CC)C(=O)CSc1nnc(-c2cccc(Cl)c2)n1-c1ccccc1C(F)(F)F. The van der Waals surface area contributed by atoms with Crippen molar-refractivity contribution in [1.29, 1.82) is 0 Å². The maximum Gasteiger partial charge on any atom is 0.418 e. The average Bonchev–Trinajstić information content (AvgIpc) is 3.16. The summed E-state index contributed by atoms with van der Waals surface area (Å²) in [5.41, 5.74) is -0.429. The second-order valence-corrected chi connectivity index (χ2v) is 7.90. The lowest BCUT2D eigenvalue weighted by Gasteiger charge is -2.19. The molecular weight excluding hydrogens is 449 g/mol. The van der Waals surface area contributed by atoms with Crippen molar-refractivity contribution in [2.75, 3.05) is 18.8 Å². The highest BCUT2D eigenvalue weighted by Crippen LogP contribution is 2.37. The lowest BCUT2D eigenvalue weighted by Crippen LogP contribution is -2.31. The minimum Gasteiger partial charge on any atom is -0.343 e. The molecule has 0 atom stereocenters. The Morgan fingerprint density at radius 1 is 1.10 bits per heavy atom. The Morgan fingerprint density at radius 2 is 1.81 bits per heavy atom. The maximum atomic E-state index is 13.7. The third kappa shape index (κ3) is 5.22. The molecule has 0 bridgehead atoms. The molecule has 1 heterocycles. The van der Waals surface area contributed by atoms with Crippen molar-refractivity contribution in [2.45, 2.75) is 25.2 Å². The van der Waals surface area contributed by atoms with Crippen LogP contribution >= 0.6 is 23.4 Å². The van der Waals surface area contributed by atoms with Crippen LogP contribution in [0.15, 0.2) is 53.7 Å². The van der Waals surface area contributed by atoms with Gasteiger partial charge >= 0.3 is 6.18 Å². The minimum absolute atomic E-state index is 0.0313. The molecule has 1 aromatic heterocycles. The normalized spacial score (nSPS) is 11.5. The molecule has 0 unspecified atom stereocenters. The highest BCUT2D eigenvalue weighted by molar-refractivity contribution is 7.99. The molecule has 0 spiro atoms. The molecular formula is C21H20ClF3N4OS. The summed E-state index contributed by atoms with van der Waals surface area (Å²) in [6.07, 6.45) is -4.58. The highest BCUT2D eigenvalue weighted by atomic mass is 35.5. The fourth-order valence-corrected chi connectivity index (χ4v) is 4.14. The first-order valence-corrected chi connectivity index (χ1v) is 10.9. The van der Waals surface area contributed by atoms with Crippen molar-refractivity contribution >= 4 is 29.3 Å². The summed E-state index contributed by atoms with van der Waals surface area (Å²) < 4.78 is 42.5. The van der Waals surface area contributed by atoms with Gasteiger partial charge in [0, 0.05) is 23.7 Å². The number of rotatable bonds is 7. The summed E-state index contributed by atoms with van der Waals surface area (Å²) in [7, 11) is 0. The van der Waals surface area contributed by atoms with Crippen LogP contribution in [-0.4, -0.2) is 44.4 Å². The van der Waals surface area contributed by atoms with Crippen molar-refractivity contribution in [3.63, 3.8) is 0 Å². The molecule has 0 N–H and O–H groups in total. The van der Waals surface area contributed by atoms with Gasteiger partial charge in [-0.15, -0.1) is 10.2 Å². The molecule has 0 aliphatic carbocycles. The largest absolute Gasteiger partial charge is 0.418 e. The molecule has 0 saturated heterocycles. The van der Waals surface area contributed by atoms with Crippen LogP contribution in [0.2, 0.25) is 5.02 Å². The Hall–Kier alpha value is -2.52. The van der Waals surface area contributed by atoms with Crippen LogP contribution in [0.25, 0.3) is 17.1 Å². The fraction of sp³-hybridized carbons (Fsp3) is 0.286. The minimum atomic E-state index is -4.58. The Balaban J connectivity index is 2.11. The van der Waals surface area contributed by atoms with E-state index in [-0.39, 0.29) is 28.3 Å². The van der Waals surface area contributed by atoms with Gasteiger partial charge in [-0.3, -0.25) is 9.36 Å². The predicted octanol–water partition coefficient (Wildman–Crippen LogP) is 5.57. The number of carbonyl (C=O) groups is 1. The number of hydrogen-bond donors (Lipinski definition) is 0. The van der Waals surface area contributed by atoms with Gasteiger partial charge in [0.25, 0.3) is 0 Å². The lowest BCUT2D eigenvalue weighted by molar-refractivity contribution is -0.137. The predicted molar refractivity (Wildman–Crippen MR) is 115 cm³/mol. The number of para-hydroxylation sites is 1. The molecule has 3 aromatic rings. The molecule has 2 aromatic carbocycles. The molecule has 0 aliphatic rings. The van der Waals surface area contributed by atoms with E-state index in [0.717, 1.165) is 17.8 Å². The molecule has 1 amide bonds. The molecule has 3 rings (SSSR count). The monoisotopic (exact) mass is 468 g/mol. The first kappa shape index (κ1) is 23.1. The van der Waals surface area contributed by atoms with E-state index in [0.29, 0.717) is 23.7 Å². The van der Waals surface area contributed by atoms with Gasteiger partial charge in [-0.05, 0) is 38.1 Å². The summed E-state index contributed by atoms with van der Waals surface area (Å²) in [4.78, 5) is 14.1. The van der Waals surface area contributed by atoms with E-state index in [1.165, 1.54) is 22.8 Å². The van der Waals surface area contributed by atoms with Gasteiger partial charge in [-0.25, -0.2) is 0 Å². The standard InChI is InChI=1S/C21H20ClF3N4OS/c1-3-28(4-2)18(30)13-31-20-27-26-19(14-8-7-9-15(22)12-14)29(20)17-11-6-5-10-16(17)21(23,24)25/h5-12H,3-4,13H2,1-2H3. The molecule has 10 heteroatoms. The van der Waals surface area contributed by atoms with Crippen molar-refractivity contribution in [3.8, 4) is 17.1 Å². The van der Waals surface area contributed by atoms with Gasteiger partial charge in [0.1, 0.15) is 0 Å². The maximum absolute atomic E-state index is 13.7. The lowest BCUT2D eigenvalue weighted by atomic mass is 10.1. The number of thioether (sulfide) groups is 1. The Labute approximate surface area is 187 Å². The van der Waals surface area contributed by atoms with Crippen LogP contribution in [0.3, 0.4) is 0 Å². The summed E-state index contributed by atoms with van der Waals surface area (Å²) >= 11 is 7.13. The van der Waals surface area contributed by atoms with Crippen LogP contribution in [0.5, 0.6) is 0 Å². The van der Waals surface area contributed by atoms with Crippen molar-refractivity contribution in [2.24, 2.45) is 0 Å². The molecule has 0 fully saturated rings. The van der Waals surface area contributed by atoms with Crippen LogP contribution in [0, 0.1) is 0 Å². The molecule has 0 saturated carbocycles. The number of aromatic nitrogens is 3. The van der Waals surface area contributed by atoms with Gasteiger partial charge in [-0.2, -0.15) is 13.2 Å². The number of nitrogens with zero attached hydrogens (tertiary/aromatic N) is 4. The van der Waals surface area contributed by atoms with Crippen LogP contribution in [0.1, 0.15) is 19.4 Å². The van der Waals surface area contributed by atoms with Gasteiger partial charge in [0.15, 0.2) is 11.0 Å². The van der Waals surface area contributed by atoms with E-state index in [1.807, 2.05) is 13.8 Å². The number of hydrogen-bond acceptors (Lipinski definition) is 4. The third-order valence-corrected chi connectivity index (χ3v) is 5.76. The second-order valence-electron chi connectivity index (χ2n) is 6.52. The Bertz CT molecular complexity index is 1070. The first-order chi connectivity index (χ1) is 14.8. The van der Waals surface area contributed by atoms with Crippen molar-refractivity contribution in [1.82, 2.24) is 19.7 Å². The topological polar surface area (TPSA) is 51.0 Å². The highest BCUT2D eigenvalue weighted by Gasteiger charge is 2.35. The third-order valence-electron chi connectivity index (χ3n) is 4.61. The van der Waals surface area contributed by atoms with Gasteiger partial charge in [0.05, 0.1) is 17.0 Å². The Morgan fingerprint density at radius 3 is 2.45 bits per heavy atom. The van der Waals surface area contributed by atoms with Gasteiger partial charge in [0.2, 0.25) is 5.91 Å². The second kappa shape index (κ2) is 9.74. The van der Waals surface area contributed by atoms with Crippen molar-refractivity contribution < 1.29 is 18.0 Å². The zero-order valence-electron chi connectivity index (χ0n) is 16.9. The number of halogens is 4. The molecule has 0 aliphatic heterocycles. The van der Waals surface area contributed by atoms with E-state index in [1.54, 1.807) is 29.2 Å². The zero-order chi connectivity index (χ0) is 22.6. The van der Waals surface area contributed by atoms with Gasteiger partial charge in [-0.1, -0.05) is 47.6 Å². The quantitative estimate of drug-likeness (QED) is 0.425. The van der Waals surface area contributed by atoms with Crippen LogP contribution < -0.4 is 0 Å². The molecule has 31 heavy (non-hydrogen) atoms. The van der Waals surface area contributed by atoms with Crippen molar-refractivity contribution in [3.05, 3.63) is 59.1 Å². The summed E-state index contributed by atoms with van der Waals surface area (Å²) in [6, 6.07) is 11.8. The summed E-state index contributed by atoms with van der Waals surface area (Å²) in [6.45, 7) is 4.83. The average molecular weight is 469 g/mol. The number of benzene rings is 2. The van der Waals surface area contributed by atoms with Crippen LogP contribution in [0.4, 0.5) is 13.2 Å². The number of amides is 1. The number of carbonyl (C=O) groups excluding carboxylic acids is 1. The smallest absolute Gasteiger partial charge is 0.343 e. The summed E-state index contributed by atoms with van der Waals surface area (Å²) in [5.74, 6) is 0.110. The molecule has 164 valence electrons. The van der Waals surface area contributed by atoms with E-state index in [4.69, 9.17) is 11.6 Å².